The minimum atomic E-state index is -4.77. The Hall–Kier alpha value is -4.33. The monoisotopic (exact) mass is 482 g/mol. The van der Waals surface area contributed by atoms with Gasteiger partial charge in [0.25, 0.3) is 0 Å². The van der Waals surface area contributed by atoms with Gasteiger partial charge in [0.2, 0.25) is 0 Å². The quantitative estimate of drug-likeness (QED) is 0.227. The van der Waals surface area contributed by atoms with Crippen LogP contribution >= 0.6 is 0 Å². The third-order valence-electron chi connectivity index (χ3n) is 5.34. The maximum absolute atomic E-state index is 14.0. The number of halogens is 4. The fraction of sp³-hybridized carbons (Fsp3) is 0.0741. The van der Waals surface area contributed by atoms with Crippen LogP contribution in [0.4, 0.5) is 17.6 Å². The second-order valence-electron chi connectivity index (χ2n) is 7.83. The van der Waals surface area contributed by atoms with Crippen molar-refractivity contribution in [2.24, 2.45) is 0 Å². The first-order valence-electron chi connectivity index (χ1n) is 10.4. The molecule has 0 fully saturated rings. The minimum Gasteiger partial charge on any atom is -0.508 e. The summed E-state index contributed by atoms with van der Waals surface area (Å²) >= 11 is 0. The summed E-state index contributed by atoms with van der Waals surface area (Å²) in [5.74, 6) is -1.84. The molecule has 2 N–H and O–H groups in total. The molecule has 0 spiro atoms. The second kappa shape index (κ2) is 9.13. The van der Waals surface area contributed by atoms with Crippen molar-refractivity contribution in [1.82, 2.24) is 0 Å². The van der Waals surface area contributed by atoms with Gasteiger partial charge >= 0.3 is 12.1 Å². The summed E-state index contributed by atoms with van der Waals surface area (Å²) in [5.41, 5.74) is 0.183. The van der Waals surface area contributed by atoms with Gasteiger partial charge in [-0.05, 0) is 77.5 Å². The molecule has 0 unspecified atom stereocenters. The molecule has 0 aromatic heterocycles. The largest absolute Gasteiger partial charge is 0.508 e. The van der Waals surface area contributed by atoms with Crippen LogP contribution < -0.4 is 4.74 Å². The molecule has 4 rings (SSSR count). The lowest BCUT2D eigenvalue weighted by molar-refractivity contribution is -0.138. The smallest absolute Gasteiger partial charge is 0.417 e. The van der Waals surface area contributed by atoms with Crippen LogP contribution in [0.1, 0.15) is 16.7 Å². The predicted molar refractivity (Wildman–Crippen MR) is 124 cm³/mol. The van der Waals surface area contributed by atoms with Crippen LogP contribution in [0, 0.1) is 12.7 Å². The van der Waals surface area contributed by atoms with Crippen molar-refractivity contribution in [1.29, 1.82) is 0 Å². The Bertz CT molecular complexity index is 1470. The molecular weight excluding hydrogens is 464 g/mol. The van der Waals surface area contributed by atoms with Crippen LogP contribution in [-0.4, -0.2) is 16.2 Å². The normalized spacial score (nSPS) is 11.8. The molecule has 4 nitrogen and oxygen atoms in total. The number of alkyl halides is 3. The predicted octanol–water partition coefficient (Wildman–Crippen LogP) is 7.57. The summed E-state index contributed by atoms with van der Waals surface area (Å²) in [6.45, 7) is 1.75. The summed E-state index contributed by atoms with van der Waals surface area (Å²) in [6, 6.07) is 15.2. The third kappa shape index (κ3) is 5.11. The number of carboxylic acid groups (broad SMARTS) is 1. The van der Waals surface area contributed by atoms with E-state index in [0.29, 0.717) is 33.5 Å². The number of hydrogen-bond acceptors (Lipinski definition) is 3. The van der Waals surface area contributed by atoms with E-state index in [4.69, 9.17) is 9.84 Å². The van der Waals surface area contributed by atoms with E-state index in [-0.39, 0.29) is 22.8 Å². The number of fused-ring (bicyclic) bond motifs is 1. The Kier molecular flexibility index (Phi) is 6.22. The Morgan fingerprint density at radius 3 is 2.46 bits per heavy atom. The van der Waals surface area contributed by atoms with Crippen molar-refractivity contribution in [3.8, 4) is 28.4 Å². The Morgan fingerprint density at radius 1 is 1.00 bits per heavy atom. The van der Waals surface area contributed by atoms with Crippen molar-refractivity contribution < 1.29 is 37.3 Å². The van der Waals surface area contributed by atoms with Gasteiger partial charge in [0, 0.05) is 17.0 Å². The van der Waals surface area contributed by atoms with E-state index < -0.39 is 23.5 Å². The Labute approximate surface area is 197 Å². The summed E-state index contributed by atoms with van der Waals surface area (Å²) in [4.78, 5) is 10.8. The first-order valence-corrected chi connectivity index (χ1v) is 10.4. The van der Waals surface area contributed by atoms with Gasteiger partial charge in [-0.3, -0.25) is 0 Å². The lowest BCUT2D eigenvalue weighted by Gasteiger charge is -2.19. The lowest BCUT2D eigenvalue weighted by Crippen LogP contribution is -2.08. The number of aliphatic carboxylic acids is 1. The molecule has 8 heteroatoms. The van der Waals surface area contributed by atoms with Gasteiger partial charge in [-0.15, -0.1) is 0 Å². The fourth-order valence-electron chi connectivity index (χ4n) is 3.87. The average Bonchev–Trinajstić information content (AvgIpc) is 2.77. The topological polar surface area (TPSA) is 66.8 Å². The molecule has 0 heterocycles. The van der Waals surface area contributed by atoms with Gasteiger partial charge in [0.15, 0.2) is 0 Å². The fourth-order valence-corrected chi connectivity index (χ4v) is 3.87. The van der Waals surface area contributed by atoms with Crippen molar-refractivity contribution >= 4 is 22.8 Å². The number of phenols is 1. The van der Waals surface area contributed by atoms with Gasteiger partial charge in [0.1, 0.15) is 23.1 Å². The van der Waals surface area contributed by atoms with Gasteiger partial charge in [-0.25, -0.2) is 9.18 Å². The molecule has 4 aromatic carbocycles. The first kappa shape index (κ1) is 23.8. The van der Waals surface area contributed by atoms with Crippen LogP contribution in [0.3, 0.4) is 0 Å². The molecule has 35 heavy (non-hydrogen) atoms. The van der Waals surface area contributed by atoms with Crippen LogP contribution in [0.25, 0.3) is 28.0 Å². The number of benzene rings is 4. The molecule has 0 atom stereocenters. The number of phenolic OH excluding ortho intramolecular Hbond substituents is 1. The molecule has 0 radical (unpaired) electrons. The standard InChI is InChI=1S/C27H18F4O4/c1-15-11-18-13-20(32)7-9-22(18)26(25(15)17-3-2-4-19(28)12-17)35-21-8-5-16(6-10-24(33)34)23(14-21)27(29,30)31/h2-14,32H,1H3,(H,33,34)/b10-6+. The van der Waals surface area contributed by atoms with Gasteiger partial charge in [0.05, 0.1) is 5.56 Å². The van der Waals surface area contributed by atoms with E-state index in [2.05, 4.69) is 0 Å². The van der Waals surface area contributed by atoms with E-state index >= 15 is 0 Å². The number of aromatic hydroxyl groups is 1. The van der Waals surface area contributed by atoms with Crippen molar-refractivity contribution in [3.63, 3.8) is 0 Å². The SMILES string of the molecule is Cc1cc2cc(O)ccc2c(Oc2ccc(/C=C/C(=O)O)c(C(F)(F)F)c2)c1-c1cccc(F)c1. The number of rotatable bonds is 5. The van der Waals surface area contributed by atoms with Crippen molar-refractivity contribution in [3.05, 3.63) is 95.3 Å². The number of aryl methyl sites for hydroxylation is 1. The molecule has 4 aromatic rings. The van der Waals surface area contributed by atoms with E-state index in [1.54, 1.807) is 25.1 Å². The highest BCUT2D eigenvalue weighted by atomic mass is 19.4. The summed E-state index contributed by atoms with van der Waals surface area (Å²) in [5, 5.41) is 19.8. The summed E-state index contributed by atoms with van der Waals surface area (Å²) in [6.07, 6.45) is -3.30. The molecule has 0 amide bonds. The summed E-state index contributed by atoms with van der Waals surface area (Å²) < 4.78 is 61.2. The minimum absolute atomic E-state index is 0.00437. The highest BCUT2D eigenvalue weighted by Crippen LogP contribution is 2.44. The molecular formula is C27H18F4O4. The second-order valence-corrected chi connectivity index (χ2v) is 7.83. The van der Waals surface area contributed by atoms with E-state index in [9.17, 15) is 27.5 Å². The Balaban J connectivity index is 1.93. The average molecular weight is 482 g/mol. The van der Waals surface area contributed by atoms with E-state index in [0.717, 1.165) is 18.2 Å². The first-order chi connectivity index (χ1) is 16.5. The van der Waals surface area contributed by atoms with Gasteiger partial charge in [-0.1, -0.05) is 24.3 Å². The van der Waals surface area contributed by atoms with Crippen molar-refractivity contribution in [2.75, 3.05) is 0 Å². The molecule has 178 valence electrons. The van der Waals surface area contributed by atoms with E-state index in [1.807, 2.05) is 0 Å². The van der Waals surface area contributed by atoms with E-state index in [1.165, 1.54) is 36.4 Å². The third-order valence-corrected chi connectivity index (χ3v) is 5.34. The van der Waals surface area contributed by atoms with Crippen LogP contribution in [0.2, 0.25) is 0 Å². The van der Waals surface area contributed by atoms with Crippen LogP contribution in [-0.2, 0) is 11.0 Å². The van der Waals surface area contributed by atoms with Gasteiger partial charge in [-0.2, -0.15) is 13.2 Å². The maximum Gasteiger partial charge on any atom is 0.417 e. The lowest BCUT2D eigenvalue weighted by atomic mass is 9.94. The molecule has 0 saturated heterocycles. The van der Waals surface area contributed by atoms with Crippen molar-refractivity contribution in [2.45, 2.75) is 13.1 Å². The highest BCUT2D eigenvalue weighted by molar-refractivity contribution is 5.97. The van der Waals surface area contributed by atoms with Gasteiger partial charge < -0.3 is 14.9 Å². The zero-order valence-corrected chi connectivity index (χ0v) is 18.2. The summed E-state index contributed by atoms with van der Waals surface area (Å²) in [7, 11) is 0. The molecule has 0 aliphatic rings. The number of carbonyl (C=O) groups is 1. The number of carboxylic acids is 1. The zero-order chi connectivity index (χ0) is 25.3. The molecule has 0 bridgehead atoms. The van der Waals surface area contributed by atoms with Crippen LogP contribution in [0.15, 0.2) is 72.8 Å². The molecule has 0 saturated carbocycles. The molecule has 0 aliphatic carbocycles. The highest BCUT2D eigenvalue weighted by Gasteiger charge is 2.33. The van der Waals surface area contributed by atoms with Crippen LogP contribution in [0.5, 0.6) is 17.2 Å². The Morgan fingerprint density at radius 2 is 1.77 bits per heavy atom. The number of hydrogen-bond donors (Lipinski definition) is 2. The number of ether oxygens (including phenoxy) is 1. The maximum atomic E-state index is 14.0. The molecule has 0 aliphatic heterocycles. The zero-order valence-electron chi connectivity index (χ0n) is 18.2.